The van der Waals surface area contributed by atoms with Crippen LogP contribution >= 0.6 is 12.4 Å². The number of aryl methyl sites for hydroxylation is 1. The number of halogens is 1. The van der Waals surface area contributed by atoms with Gasteiger partial charge in [-0.2, -0.15) is 0 Å². The Morgan fingerprint density at radius 1 is 1.47 bits per heavy atom. The lowest BCUT2D eigenvalue weighted by Crippen LogP contribution is -2.37. The Bertz CT molecular complexity index is 283. The maximum Gasteiger partial charge on any atom is 0.213 e. The molecule has 1 atom stereocenters. The molecule has 4 heteroatoms. The third-order valence-electron chi connectivity index (χ3n) is 2.42. The highest BCUT2D eigenvalue weighted by atomic mass is 35.5. The average molecular weight is 229 g/mol. The summed E-state index contributed by atoms with van der Waals surface area (Å²) in [5.74, 6) is 0.740. The monoisotopic (exact) mass is 228 g/mol. The van der Waals surface area contributed by atoms with Gasteiger partial charge < -0.3 is 10.1 Å². The van der Waals surface area contributed by atoms with E-state index in [1.54, 1.807) is 0 Å². The van der Waals surface area contributed by atoms with Crippen LogP contribution in [0.5, 0.6) is 5.88 Å². The van der Waals surface area contributed by atoms with Crippen LogP contribution in [0.3, 0.4) is 0 Å². The maximum absolute atomic E-state index is 5.74. The van der Waals surface area contributed by atoms with Crippen LogP contribution < -0.4 is 10.1 Å². The number of rotatable bonds is 2. The van der Waals surface area contributed by atoms with Crippen molar-refractivity contribution < 1.29 is 4.74 Å². The summed E-state index contributed by atoms with van der Waals surface area (Å²) in [4.78, 5) is 4.22. The molecule has 2 rings (SSSR count). The standard InChI is InChI=1S/C11H16N2O.ClH/c1-9-4-5-11(13-7-9)14-10-3-2-6-12-8-10;/h4-5,7,10,12H,2-3,6,8H2,1H3;1H/t10-;/m1./s1. The molecule has 0 unspecified atom stereocenters. The van der Waals surface area contributed by atoms with E-state index in [1.165, 1.54) is 12.0 Å². The molecule has 0 radical (unpaired) electrons. The first-order valence-electron chi connectivity index (χ1n) is 5.14. The summed E-state index contributed by atoms with van der Waals surface area (Å²) in [5.41, 5.74) is 1.17. The second-order valence-corrected chi connectivity index (χ2v) is 3.76. The number of hydrogen-bond acceptors (Lipinski definition) is 3. The lowest BCUT2D eigenvalue weighted by atomic mass is 10.1. The van der Waals surface area contributed by atoms with Crippen LogP contribution in [-0.4, -0.2) is 24.2 Å². The van der Waals surface area contributed by atoms with E-state index in [0.29, 0.717) is 6.10 Å². The topological polar surface area (TPSA) is 34.1 Å². The molecule has 0 spiro atoms. The molecule has 0 aromatic carbocycles. The fourth-order valence-corrected chi connectivity index (χ4v) is 1.62. The number of piperidine rings is 1. The molecule has 1 fully saturated rings. The summed E-state index contributed by atoms with van der Waals surface area (Å²) in [6, 6.07) is 3.96. The number of nitrogens with zero attached hydrogens (tertiary/aromatic N) is 1. The van der Waals surface area contributed by atoms with Crippen LogP contribution in [0.2, 0.25) is 0 Å². The van der Waals surface area contributed by atoms with Crippen LogP contribution in [0.1, 0.15) is 18.4 Å². The van der Waals surface area contributed by atoms with Gasteiger partial charge in [-0.05, 0) is 31.9 Å². The van der Waals surface area contributed by atoms with Crippen LogP contribution in [0.4, 0.5) is 0 Å². The van der Waals surface area contributed by atoms with Crippen molar-refractivity contribution in [3.05, 3.63) is 23.9 Å². The third kappa shape index (κ3) is 3.68. The summed E-state index contributed by atoms with van der Waals surface area (Å²) in [6.45, 7) is 4.08. The fraction of sp³-hybridized carbons (Fsp3) is 0.545. The van der Waals surface area contributed by atoms with Crippen LogP contribution in [0.15, 0.2) is 18.3 Å². The highest BCUT2D eigenvalue weighted by Gasteiger charge is 2.14. The van der Waals surface area contributed by atoms with E-state index in [9.17, 15) is 0 Å². The van der Waals surface area contributed by atoms with Gasteiger partial charge in [0.15, 0.2) is 0 Å². The van der Waals surface area contributed by atoms with E-state index in [-0.39, 0.29) is 12.4 Å². The van der Waals surface area contributed by atoms with Gasteiger partial charge in [0.05, 0.1) is 0 Å². The molecule has 0 aliphatic carbocycles. The van der Waals surface area contributed by atoms with E-state index >= 15 is 0 Å². The molecule has 1 aromatic rings. The van der Waals surface area contributed by atoms with Crippen molar-refractivity contribution in [3.63, 3.8) is 0 Å². The number of ether oxygens (including phenoxy) is 1. The molecule has 84 valence electrons. The van der Waals surface area contributed by atoms with Crippen LogP contribution in [0, 0.1) is 6.92 Å². The van der Waals surface area contributed by atoms with Crippen molar-refractivity contribution in [2.24, 2.45) is 0 Å². The minimum atomic E-state index is 0. The molecule has 1 aliphatic heterocycles. The van der Waals surface area contributed by atoms with E-state index in [2.05, 4.69) is 10.3 Å². The molecule has 0 amide bonds. The lowest BCUT2D eigenvalue weighted by Gasteiger charge is -2.23. The largest absolute Gasteiger partial charge is 0.473 e. The van der Waals surface area contributed by atoms with Gasteiger partial charge in [-0.1, -0.05) is 6.07 Å². The Kier molecular flexibility index (Phi) is 4.85. The fourth-order valence-electron chi connectivity index (χ4n) is 1.62. The van der Waals surface area contributed by atoms with Gasteiger partial charge in [0.1, 0.15) is 6.10 Å². The first-order chi connectivity index (χ1) is 6.84. The molecule has 0 bridgehead atoms. The summed E-state index contributed by atoms with van der Waals surface area (Å²) < 4.78 is 5.74. The van der Waals surface area contributed by atoms with Crippen molar-refractivity contribution in [2.75, 3.05) is 13.1 Å². The van der Waals surface area contributed by atoms with Crippen LogP contribution in [-0.2, 0) is 0 Å². The van der Waals surface area contributed by atoms with E-state index in [4.69, 9.17) is 4.74 Å². The first kappa shape index (κ1) is 12.3. The molecule has 1 aromatic heterocycles. The van der Waals surface area contributed by atoms with Gasteiger partial charge in [0.2, 0.25) is 5.88 Å². The van der Waals surface area contributed by atoms with Gasteiger partial charge in [0, 0.05) is 18.8 Å². The van der Waals surface area contributed by atoms with Crippen molar-refractivity contribution in [1.29, 1.82) is 0 Å². The third-order valence-corrected chi connectivity index (χ3v) is 2.42. The van der Waals surface area contributed by atoms with Crippen molar-refractivity contribution in [1.82, 2.24) is 10.3 Å². The minimum absolute atomic E-state index is 0. The lowest BCUT2D eigenvalue weighted by molar-refractivity contribution is 0.160. The normalized spacial score (nSPS) is 20.5. The summed E-state index contributed by atoms with van der Waals surface area (Å²) in [6.07, 6.45) is 4.45. The van der Waals surface area contributed by atoms with Crippen molar-refractivity contribution in [2.45, 2.75) is 25.9 Å². The van der Waals surface area contributed by atoms with E-state index in [1.807, 2.05) is 25.3 Å². The predicted molar refractivity (Wildman–Crippen MR) is 62.7 cm³/mol. The van der Waals surface area contributed by atoms with Gasteiger partial charge in [-0.3, -0.25) is 0 Å². The molecule has 1 aliphatic rings. The summed E-state index contributed by atoms with van der Waals surface area (Å²) in [5, 5.41) is 3.31. The zero-order valence-electron chi connectivity index (χ0n) is 8.90. The number of aromatic nitrogens is 1. The van der Waals surface area contributed by atoms with Crippen molar-refractivity contribution in [3.8, 4) is 5.88 Å². The highest BCUT2D eigenvalue weighted by molar-refractivity contribution is 5.85. The Labute approximate surface area is 96.7 Å². The smallest absolute Gasteiger partial charge is 0.213 e. The summed E-state index contributed by atoms with van der Waals surface area (Å²) >= 11 is 0. The Balaban J connectivity index is 0.00000112. The quantitative estimate of drug-likeness (QED) is 0.840. The predicted octanol–water partition coefficient (Wildman–Crippen LogP) is 1.94. The Hall–Kier alpha value is -0.800. The van der Waals surface area contributed by atoms with Gasteiger partial charge >= 0.3 is 0 Å². The molecular weight excluding hydrogens is 212 g/mol. The van der Waals surface area contributed by atoms with Gasteiger partial charge in [0.25, 0.3) is 0 Å². The summed E-state index contributed by atoms with van der Waals surface area (Å²) in [7, 11) is 0. The second kappa shape index (κ2) is 5.93. The first-order valence-corrected chi connectivity index (χ1v) is 5.14. The van der Waals surface area contributed by atoms with Crippen molar-refractivity contribution >= 4 is 12.4 Å². The molecule has 3 nitrogen and oxygen atoms in total. The maximum atomic E-state index is 5.74. The van der Waals surface area contributed by atoms with Crippen LogP contribution in [0.25, 0.3) is 0 Å². The number of pyridine rings is 1. The second-order valence-electron chi connectivity index (χ2n) is 3.76. The van der Waals surface area contributed by atoms with Gasteiger partial charge in [-0.25, -0.2) is 4.98 Å². The molecule has 15 heavy (non-hydrogen) atoms. The molecule has 2 heterocycles. The zero-order valence-corrected chi connectivity index (χ0v) is 9.72. The zero-order chi connectivity index (χ0) is 9.80. The highest BCUT2D eigenvalue weighted by Crippen LogP contribution is 2.12. The molecule has 0 saturated carbocycles. The number of hydrogen-bond donors (Lipinski definition) is 1. The van der Waals surface area contributed by atoms with Gasteiger partial charge in [-0.15, -0.1) is 12.4 Å². The number of nitrogens with one attached hydrogen (secondary N) is 1. The van der Waals surface area contributed by atoms with E-state index < -0.39 is 0 Å². The minimum Gasteiger partial charge on any atom is -0.473 e. The Morgan fingerprint density at radius 3 is 2.93 bits per heavy atom. The SMILES string of the molecule is Cc1ccc(O[C@@H]2CCCNC2)nc1.Cl. The molecular formula is C11H17ClN2O. The molecule has 1 N–H and O–H groups in total. The average Bonchev–Trinajstić information content (AvgIpc) is 2.23. The van der Waals surface area contributed by atoms with E-state index in [0.717, 1.165) is 25.4 Å². The molecule has 1 saturated heterocycles. The Morgan fingerprint density at radius 2 is 2.33 bits per heavy atom.